The van der Waals surface area contributed by atoms with Crippen LogP contribution in [0, 0.1) is 0 Å². The number of nitrogens with one attached hydrogen (secondary N) is 1. The van der Waals surface area contributed by atoms with Gasteiger partial charge in [0.25, 0.3) is 10.2 Å². The maximum atomic E-state index is 12.1. The molecule has 6 heteroatoms. The minimum Gasteiger partial charge on any atom is -0.391 e. The van der Waals surface area contributed by atoms with Crippen molar-refractivity contribution in [3.63, 3.8) is 0 Å². The second-order valence-electron chi connectivity index (χ2n) is 4.89. The van der Waals surface area contributed by atoms with E-state index in [1.165, 1.54) is 4.31 Å². The second-order valence-corrected chi connectivity index (χ2v) is 6.70. The molecule has 0 bridgehead atoms. The molecular formula is C13H20N2O3S. The molecule has 0 spiro atoms. The van der Waals surface area contributed by atoms with Gasteiger partial charge in [-0.15, -0.1) is 0 Å². The number of fused-ring (bicyclic) bond motifs is 1. The molecule has 1 aromatic rings. The molecule has 2 rings (SSSR count). The van der Waals surface area contributed by atoms with Crippen molar-refractivity contribution >= 4 is 10.2 Å². The van der Waals surface area contributed by atoms with Gasteiger partial charge in [-0.2, -0.15) is 17.4 Å². The average molecular weight is 284 g/mol. The Morgan fingerprint density at radius 2 is 2.11 bits per heavy atom. The number of hydrogen-bond donors (Lipinski definition) is 2. The van der Waals surface area contributed by atoms with E-state index in [4.69, 9.17) is 0 Å². The number of benzene rings is 1. The molecule has 1 aliphatic carbocycles. The van der Waals surface area contributed by atoms with Crippen LogP contribution in [-0.2, 0) is 16.6 Å². The van der Waals surface area contributed by atoms with Crippen LogP contribution in [0.25, 0.3) is 0 Å². The summed E-state index contributed by atoms with van der Waals surface area (Å²) in [5, 5.41) is 10.0. The van der Waals surface area contributed by atoms with E-state index in [1.54, 1.807) is 7.05 Å². The first-order valence-corrected chi connectivity index (χ1v) is 7.89. The summed E-state index contributed by atoms with van der Waals surface area (Å²) in [6.45, 7) is 2.38. The van der Waals surface area contributed by atoms with Gasteiger partial charge in [-0.1, -0.05) is 31.2 Å². The molecule has 0 saturated heterocycles. The second kappa shape index (κ2) is 5.58. The van der Waals surface area contributed by atoms with Crippen molar-refractivity contribution in [3.05, 3.63) is 35.4 Å². The molecule has 1 aliphatic rings. The highest BCUT2D eigenvalue weighted by Crippen LogP contribution is 2.31. The lowest BCUT2D eigenvalue weighted by molar-refractivity contribution is 0.150. The number of nitrogens with zero attached hydrogens (tertiary/aromatic N) is 1. The first-order valence-electron chi connectivity index (χ1n) is 6.45. The first-order chi connectivity index (χ1) is 8.95. The minimum atomic E-state index is -3.56. The molecular weight excluding hydrogens is 264 g/mol. The van der Waals surface area contributed by atoms with Gasteiger partial charge >= 0.3 is 0 Å². The predicted octanol–water partition coefficient (Wildman–Crippen LogP) is 0.821. The van der Waals surface area contributed by atoms with Crippen LogP contribution in [0.15, 0.2) is 24.3 Å². The van der Waals surface area contributed by atoms with Crippen LogP contribution in [0.5, 0.6) is 0 Å². The highest BCUT2D eigenvalue weighted by atomic mass is 32.2. The van der Waals surface area contributed by atoms with Crippen LogP contribution in [0.4, 0.5) is 0 Å². The molecule has 1 aromatic carbocycles. The van der Waals surface area contributed by atoms with Gasteiger partial charge in [0.2, 0.25) is 0 Å². The first kappa shape index (κ1) is 14.5. The molecule has 0 heterocycles. The predicted molar refractivity (Wildman–Crippen MR) is 73.9 cm³/mol. The Balaban J connectivity index is 2.20. The summed E-state index contributed by atoms with van der Waals surface area (Å²) in [4.78, 5) is 0. The molecule has 19 heavy (non-hydrogen) atoms. The monoisotopic (exact) mass is 284 g/mol. The summed E-state index contributed by atoms with van der Waals surface area (Å²) in [6.07, 6.45) is 0.532. The van der Waals surface area contributed by atoms with Crippen LogP contribution in [0.2, 0.25) is 0 Å². The summed E-state index contributed by atoms with van der Waals surface area (Å²) in [5.74, 6) is 0. The topological polar surface area (TPSA) is 69.6 Å². The quantitative estimate of drug-likeness (QED) is 0.841. The van der Waals surface area contributed by atoms with Gasteiger partial charge in [0, 0.05) is 20.0 Å². The highest BCUT2D eigenvalue weighted by molar-refractivity contribution is 7.87. The molecule has 0 amide bonds. The van der Waals surface area contributed by atoms with Gasteiger partial charge in [0.1, 0.15) is 0 Å². The van der Waals surface area contributed by atoms with Crippen molar-refractivity contribution in [2.45, 2.75) is 31.9 Å². The highest BCUT2D eigenvalue weighted by Gasteiger charge is 2.34. The minimum absolute atomic E-state index is 0.458. The fourth-order valence-electron chi connectivity index (χ4n) is 2.40. The smallest absolute Gasteiger partial charge is 0.279 e. The van der Waals surface area contributed by atoms with Gasteiger partial charge in [0.15, 0.2) is 0 Å². The third-order valence-corrected chi connectivity index (χ3v) is 4.98. The van der Waals surface area contributed by atoms with E-state index >= 15 is 0 Å². The van der Waals surface area contributed by atoms with E-state index in [-0.39, 0.29) is 0 Å². The van der Waals surface area contributed by atoms with Crippen molar-refractivity contribution in [1.82, 2.24) is 9.03 Å². The van der Waals surface area contributed by atoms with Crippen LogP contribution in [0.3, 0.4) is 0 Å². The third kappa shape index (κ3) is 2.97. The standard InChI is InChI=1S/C13H20N2O3S/c1-3-8-15(2)19(17,18)14-13-11-7-5-4-6-10(11)9-12(13)16/h4-7,12-14,16H,3,8-9H2,1-2H3. The third-order valence-electron chi connectivity index (χ3n) is 3.43. The lowest BCUT2D eigenvalue weighted by atomic mass is 10.1. The van der Waals surface area contributed by atoms with Crippen molar-refractivity contribution in [3.8, 4) is 0 Å². The van der Waals surface area contributed by atoms with E-state index in [1.807, 2.05) is 31.2 Å². The fraction of sp³-hybridized carbons (Fsp3) is 0.538. The number of hydrogen-bond acceptors (Lipinski definition) is 3. The lowest BCUT2D eigenvalue weighted by Gasteiger charge is -2.22. The zero-order valence-corrected chi connectivity index (χ0v) is 12.0. The molecule has 5 nitrogen and oxygen atoms in total. The summed E-state index contributed by atoms with van der Waals surface area (Å²) in [5.41, 5.74) is 1.87. The summed E-state index contributed by atoms with van der Waals surface area (Å²) < 4.78 is 28.1. The van der Waals surface area contributed by atoms with E-state index < -0.39 is 22.4 Å². The zero-order chi connectivity index (χ0) is 14.0. The zero-order valence-electron chi connectivity index (χ0n) is 11.2. The largest absolute Gasteiger partial charge is 0.391 e. The van der Waals surface area contributed by atoms with Gasteiger partial charge < -0.3 is 5.11 Å². The SMILES string of the molecule is CCCN(C)S(=O)(=O)NC1c2ccccc2CC1O. The molecule has 2 N–H and O–H groups in total. The number of aliphatic hydroxyl groups excluding tert-OH is 1. The van der Waals surface area contributed by atoms with Crippen molar-refractivity contribution in [2.24, 2.45) is 0 Å². The Labute approximate surface area is 114 Å². The van der Waals surface area contributed by atoms with E-state index in [0.29, 0.717) is 13.0 Å². The van der Waals surface area contributed by atoms with E-state index in [9.17, 15) is 13.5 Å². The van der Waals surface area contributed by atoms with Crippen molar-refractivity contribution in [1.29, 1.82) is 0 Å². The van der Waals surface area contributed by atoms with Crippen LogP contribution < -0.4 is 4.72 Å². The summed E-state index contributed by atoms with van der Waals surface area (Å²) in [7, 11) is -2.02. The van der Waals surface area contributed by atoms with Crippen molar-refractivity contribution < 1.29 is 13.5 Å². The number of aliphatic hydroxyl groups is 1. The molecule has 0 fully saturated rings. The summed E-state index contributed by atoms with van der Waals surface area (Å²) in [6, 6.07) is 6.97. The number of rotatable bonds is 5. The molecule has 0 radical (unpaired) electrons. The molecule has 106 valence electrons. The van der Waals surface area contributed by atoms with Crippen LogP contribution >= 0.6 is 0 Å². The Bertz CT molecular complexity index is 545. The maximum absolute atomic E-state index is 12.1. The van der Waals surface area contributed by atoms with Crippen LogP contribution in [0.1, 0.15) is 30.5 Å². The van der Waals surface area contributed by atoms with Gasteiger partial charge in [0.05, 0.1) is 12.1 Å². The Morgan fingerprint density at radius 1 is 1.42 bits per heavy atom. The Hall–Kier alpha value is -0.950. The van der Waals surface area contributed by atoms with Gasteiger partial charge in [-0.3, -0.25) is 0 Å². The van der Waals surface area contributed by atoms with E-state index in [0.717, 1.165) is 17.5 Å². The van der Waals surface area contributed by atoms with Crippen molar-refractivity contribution in [2.75, 3.05) is 13.6 Å². The lowest BCUT2D eigenvalue weighted by Crippen LogP contribution is -2.42. The van der Waals surface area contributed by atoms with Gasteiger partial charge in [-0.05, 0) is 17.5 Å². The molecule has 2 unspecified atom stereocenters. The normalized spacial score (nSPS) is 22.7. The fourth-order valence-corrected chi connectivity index (χ4v) is 3.61. The van der Waals surface area contributed by atoms with Crippen LogP contribution in [-0.4, -0.2) is 37.5 Å². The molecule has 0 aliphatic heterocycles. The Kier molecular flexibility index (Phi) is 4.25. The molecule has 0 saturated carbocycles. The Morgan fingerprint density at radius 3 is 2.79 bits per heavy atom. The van der Waals surface area contributed by atoms with Gasteiger partial charge in [-0.25, -0.2) is 0 Å². The van der Waals surface area contributed by atoms with E-state index in [2.05, 4.69) is 4.72 Å². The maximum Gasteiger partial charge on any atom is 0.279 e. The molecule has 2 atom stereocenters. The molecule has 0 aromatic heterocycles. The average Bonchev–Trinajstić information content (AvgIpc) is 2.66. The summed E-state index contributed by atoms with van der Waals surface area (Å²) >= 11 is 0.